The Labute approximate surface area is 94.4 Å². The first-order valence-corrected chi connectivity index (χ1v) is 5.46. The molecule has 0 bridgehead atoms. The minimum Gasteiger partial charge on any atom is -0.466 e. The summed E-state index contributed by atoms with van der Waals surface area (Å²) in [5.74, 6) is -0.393. The van der Waals surface area contributed by atoms with Gasteiger partial charge in [0, 0.05) is 17.1 Å². The van der Waals surface area contributed by atoms with Crippen molar-refractivity contribution in [2.75, 3.05) is 6.61 Å². The van der Waals surface area contributed by atoms with E-state index in [1.807, 2.05) is 44.3 Å². The quantitative estimate of drug-likeness (QED) is 0.803. The predicted octanol–water partition coefficient (Wildman–Crippen LogP) is 2.83. The Hall–Kier alpha value is -1.77. The Kier molecular flexibility index (Phi) is 2.95. The van der Waals surface area contributed by atoms with Crippen LogP contribution in [0.15, 0.2) is 30.5 Å². The van der Waals surface area contributed by atoms with Crippen molar-refractivity contribution >= 4 is 16.9 Å². The van der Waals surface area contributed by atoms with Gasteiger partial charge in [0.1, 0.15) is 0 Å². The van der Waals surface area contributed by atoms with Crippen LogP contribution in [0.5, 0.6) is 0 Å². The van der Waals surface area contributed by atoms with Gasteiger partial charge < -0.3 is 9.72 Å². The van der Waals surface area contributed by atoms with Gasteiger partial charge in [0.25, 0.3) is 0 Å². The van der Waals surface area contributed by atoms with Gasteiger partial charge in [-0.2, -0.15) is 0 Å². The molecule has 84 valence electrons. The van der Waals surface area contributed by atoms with Gasteiger partial charge in [-0.3, -0.25) is 4.79 Å². The Bertz CT molecular complexity index is 501. The number of hydrogen-bond acceptors (Lipinski definition) is 2. The average Bonchev–Trinajstić information content (AvgIpc) is 2.76. The number of esters is 1. The number of nitrogens with one attached hydrogen (secondary N) is 1. The third kappa shape index (κ3) is 1.81. The molecule has 1 heterocycles. The van der Waals surface area contributed by atoms with E-state index in [4.69, 9.17) is 4.74 Å². The number of rotatable bonds is 3. The Balaban J connectivity index is 2.39. The molecule has 1 N–H and O–H groups in total. The number of aromatic nitrogens is 1. The highest BCUT2D eigenvalue weighted by Crippen LogP contribution is 2.25. The van der Waals surface area contributed by atoms with Crippen LogP contribution < -0.4 is 0 Å². The van der Waals surface area contributed by atoms with Crippen molar-refractivity contribution < 1.29 is 9.53 Å². The van der Waals surface area contributed by atoms with E-state index < -0.39 is 0 Å². The second kappa shape index (κ2) is 4.39. The predicted molar refractivity (Wildman–Crippen MR) is 63.3 cm³/mol. The van der Waals surface area contributed by atoms with Crippen LogP contribution in [0, 0.1) is 0 Å². The molecule has 0 saturated heterocycles. The highest BCUT2D eigenvalue weighted by molar-refractivity contribution is 5.89. The molecule has 0 amide bonds. The minimum absolute atomic E-state index is 0.170. The van der Waals surface area contributed by atoms with Crippen molar-refractivity contribution in [1.82, 2.24) is 4.98 Å². The first-order valence-electron chi connectivity index (χ1n) is 5.46. The molecule has 0 aliphatic rings. The van der Waals surface area contributed by atoms with E-state index in [9.17, 15) is 4.79 Å². The second-order valence-corrected chi connectivity index (χ2v) is 3.76. The van der Waals surface area contributed by atoms with Crippen LogP contribution in [0.1, 0.15) is 25.3 Å². The van der Waals surface area contributed by atoms with Crippen LogP contribution in [0.3, 0.4) is 0 Å². The molecule has 0 aliphatic carbocycles. The number of ether oxygens (including phenoxy) is 1. The zero-order valence-corrected chi connectivity index (χ0v) is 9.49. The van der Waals surface area contributed by atoms with Crippen LogP contribution in [0.25, 0.3) is 10.9 Å². The average molecular weight is 217 g/mol. The van der Waals surface area contributed by atoms with E-state index in [1.165, 1.54) is 0 Å². The second-order valence-electron chi connectivity index (χ2n) is 3.76. The van der Waals surface area contributed by atoms with Gasteiger partial charge in [0.05, 0.1) is 12.5 Å². The third-order valence-corrected chi connectivity index (χ3v) is 2.74. The van der Waals surface area contributed by atoms with E-state index in [0.717, 1.165) is 16.5 Å². The number of hydrogen-bond donors (Lipinski definition) is 1. The van der Waals surface area contributed by atoms with Gasteiger partial charge in [-0.15, -0.1) is 0 Å². The summed E-state index contributed by atoms with van der Waals surface area (Å²) in [5.41, 5.74) is 2.06. The van der Waals surface area contributed by atoms with Gasteiger partial charge >= 0.3 is 5.97 Å². The van der Waals surface area contributed by atoms with Gasteiger partial charge in [-0.05, 0) is 31.5 Å². The largest absolute Gasteiger partial charge is 0.466 e. The summed E-state index contributed by atoms with van der Waals surface area (Å²) in [4.78, 5) is 14.8. The minimum atomic E-state index is -0.223. The van der Waals surface area contributed by atoms with Crippen molar-refractivity contribution in [3.63, 3.8) is 0 Å². The summed E-state index contributed by atoms with van der Waals surface area (Å²) >= 11 is 0. The fourth-order valence-corrected chi connectivity index (χ4v) is 1.88. The van der Waals surface area contributed by atoms with Crippen LogP contribution in [0.2, 0.25) is 0 Å². The van der Waals surface area contributed by atoms with Crippen LogP contribution >= 0.6 is 0 Å². The van der Waals surface area contributed by atoms with Gasteiger partial charge in [-0.1, -0.05) is 12.1 Å². The molecule has 2 rings (SSSR count). The summed E-state index contributed by atoms with van der Waals surface area (Å²) in [6.45, 7) is 4.12. The summed E-state index contributed by atoms with van der Waals surface area (Å²) < 4.78 is 5.03. The van der Waals surface area contributed by atoms with E-state index in [0.29, 0.717) is 6.61 Å². The molecular weight excluding hydrogens is 202 g/mol. The molecule has 3 nitrogen and oxygen atoms in total. The SMILES string of the molecule is CCOC(=O)C(C)c1cccc2[nH]ccc12. The van der Waals surface area contributed by atoms with Crippen molar-refractivity contribution in [1.29, 1.82) is 0 Å². The number of carbonyl (C=O) groups excluding carboxylic acids is 1. The molecule has 1 aromatic heterocycles. The lowest BCUT2D eigenvalue weighted by atomic mass is 9.98. The highest BCUT2D eigenvalue weighted by Gasteiger charge is 2.18. The molecular formula is C13H15NO2. The number of benzene rings is 1. The Morgan fingerprint density at radius 1 is 1.44 bits per heavy atom. The van der Waals surface area contributed by atoms with E-state index in [-0.39, 0.29) is 11.9 Å². The van der Waals surface area contributed by atoms with E-state index >= 15 is 0 Å². The summed E-state index contributed by atoms with van der Waals surface area (Å²) in [6, 6.07) is 7.90. The fourth-order valence-electron chi connectivity index (χ4n) is 1.88. The molecule has 1 aromatic carbocycles. The van der Waals surface area contributed by atoms with Crippen molar-refractivity contribution in [3.05, 3.63) is 36.0 Å². The number of aromatic amines is 1. The summed E-state index contributed by atoms with van der Waals surface area (Å²) in [7, 11) is 0. The van der Waals surface area contributed by atoms with E-state index in [2.05, 4.69) is 4.98 Å². The maximum Gasteiger partial charge on any atom is 0.313 e. The molecule has 0 aliphatic heterocycles. The highest BCUT2D eigenvalue weighted by atomic mass is 16.5. The summed E-state index contributed by atoms with van der Waals surface area (Å²) in [6.07, 6.45) is 1.88. The summed E-state index contributed by atoms with van der Waals surface area (Å²) in [5, 5.41) is 1.09. The maximum absolute atomic E-state index is 11.7. The Morgan fingerprint density at radius 3 is 3.00 bits per heavy atom. The van der Waals surface area contributed by atoms with E-state index in [1.54, 1.807) is 0 Å². The molecule has 16 heavy (non-hydrogen) atoms. The first kappa shape index (κ1) is 10.7. The van der Waals surface area contributed by atoms with Crippen LogP contribution in [-0.2, 0) is 9.53 Å². The number of fused-ring (bicyclic) bond motifs is 1. The van der Waals surface area contributed by atoms with Crippen molar-refractivity contribution in [2.24, 2.45) is 0 Å². The molecule has 0 radical (unpaired) electrons. The standard InChI is InChI=1S/C13H15NO2/c1-3-16-13(15)9(2)10-5-4-6-12-11(10)7-8-14-12/h4-9,14H,3H2,1-2H3. The topological polar surface area (TPSA) is 42.1 Å². The lowest BCUT2D eigenvalue weighted by Gasteiger charge is -2.11. The molecule has 0 saturated carbocycles. The van der Waals surface area contributed by atoms with Gasteiger partial charge in [-0.25, -0.2) is 0 Å². The van der Waals surface area contributed by atoms with Crippen molar-refractivity contribution in [3.8, 4) is 0 Å². The van der Waals surface area contributed by atoms with Crippen molar-refractivity contribution in [2.45, 2.75) is 19.8 Å². The lowest BCUT2D eigenvalue weighted by molar-refractivity contribution is -0.144. The molecule has 2 aromatic rings. The van der Waals surface area contributed by atoms with Crippen LogP contribution in [0.4, 0.5) is 0 Å². The number of H-pyrrole nitrogens is 1. The first-order chi connectivity index (χ1) is 7.74. The molecule has 1 unspecified atom stereocenters. The monoisotopic (exact) mass is 217 g/mol. The fraction of sp³-hybridized carbons (Fsp3) is 0.308. The zero-order valence-electron chi connectivity index (χ0n) is 9.49. The van der Waals surface area contributed by atoms with Gasteiger partial charge in [0.15, 0.2) is 0 Å². The lowest BCUT2D eigenvalue weighted by Crippen LogP contribution is -2.13. The zero-order chi connectivity index (χ0) is 11.5. The normalized spacial score (nSPS) is 12.6. The third-order valence-electron chi connectivity index (χ3n) is 2.74. The molecule has 1 atom stereocenters. The molecule has 3 heteroatoms. The Morgan fingerprint density at radius 2 is 2.25 bits per heavy atom. The number of carbonyl (C=O) groups is 1. The smallest absolute Gasteiger partial charge is 0.313 e. The maximum atomic E-state index is 11.7. The molecule has 0 fully saturated rings. The molecule has 0 spiro atoms. The van der Waals surface area contributed by atoms with Gasteiger partial charge in [0.2, 0.25) is 0 Å². The van der Waals surface area contributed by atoms with Crippen LogP contribution in [-0.4, -0.2) is 17.6 Å².